The molecule has 0 unspecified atom stereocenters. The monoisotopic (exact) mass is 631 g/mol. The first-order chi connectivity index (χ1) is 21.4. The molecule has 0 aromatic heterocycles. The number of phenolic OH excluding ortho intramolecular Hbond substituents is 1. The lowest BCUT2D eigenvalue weighted by molar-refractivity contribution is -0.224. The van der Waals surface area contributed by atoms with Crippen molar-refractivity contribution < 1.29 is 38.5 Å². The third-order valence-electron chi connectivity index (χ3n) is 10.8. The van der Waals surface area contributed by atoms with Crippen molar-refractivity contribution in [2.24, 2.45) is 22.7 Å². The molecule has 2 aromatic carbocycles. The summed E-state index contributed by atoms with van der Waals surface area (Å²) in [5.74, 6) is -2.89. The number of phenols is 1. The summed E-state index contributed by atoms with van der Waals surface area (Å²) < 4.78 is 29.0. The van der Waals surface area contributed by atoms with Crippen molar-refractivity contribution in [2.75, 3.05) is 6.61 Å². The summed E-state index contributed by atoms with van der Waals surface area (Å²) in [6.07, 6.45) is 3.84. The van der Waals surface area contributed by atoms with Crippen molar-refractivity contribution in [1.82, 2.24) is 0 Å². The summed E-state index contributed by atoms with van der Waals surface area (Å²) in [6.45, 7) is 2.91. The highest BCUT2D eigenvalue weighted by molar-refractivity contribution is 7.99. The molecule has 4 aliphatic rings. The maximum Gasteiger partial charge on any atom is 0.352 e. The van der Waals surface area contributed by atoms with E-state index in [0.717, 1.165) is 9.79 Å². The lowest BCUT2D eigenvalue weighted by Gasteiger charge is -2.62. The molecule has 7 atom stereocenters. The van der Waals surface area contributed by atoms with Gasteiger partial charge in [0.25, 0.3) is 0 Å². The number of rotatable bonds is 6. The summed E-state index contributed by atoms with van der Waals surface area (Å²) in [5, 5.41) is 30.6. The molecule has 0 amide bonds. The third-order valence-corrected chi connectivity index (χ3v) is 11.8. The van der Waals surface area contributed by atoms with Crippen LogP contribution in [-0.4, -0.2) is 51.9 Å². The van der Waals surface area contributed by atoms with Crippen LogP contribution in [0, 0.1) is 34.0 Å². The van der Waals surface area contributed by atoms with E-state index in [0.29, 0.717) is 24.8 Å². The van der Waals surface area contributed by atoms with Crippen LogP contribution >= 0.6 is 11.8 Å². The number of ketones is 1. The molecular formula is C35H34FNO7S. The van der Waals surface area contributed by atoms with Crippen LogP contribution in [0.4, 0.5) is 4.39 Å². The fourth-order valence-electron chi connectivity index (χ4n) is 8.52. The second-order valence-electron chi connectivity index (χ2n) is 12.9. The van der Waals surface area contributed by atoms with Crippen molar-refractivity contribution in [3.63, 3.8) is 0 Å². The molecule has 6 rings (SSSR count). The first-order valence-electron chi connectivity index (χ1n) is 15.0. The van der Waals surface area contributed by atoms with Gasteiger partial charge in [-0.3, -0.25) is 4.79 Å². The Morgan fingerprint density at radius 3 is 2.58 bits per heavy atom. The van der Waals surface area contributed by atoms with Crippen LogP contribution in [0.5, 0.6) is 5.75 Å². The van der Waals surface area contributed by atoms with Crippen LogP contribution in [0.2, 0.25) is 0 Å². The predicted molar refractivity (Wildman–Crippen MR) is 162 cm³/mol. The number of carbonyl (C=O) groups excluding carboxylic acids is 3. The Bertz CT molecular complexity index is 1670. The van der Waals surface area contributed by atoms with Gasteiger partial charge in [-0.25, -0.2) is 14.0 Å². The van der Waals surface area contributed by atoms with E-state index in [9.17, 15) is 24.6 Å². The number of nitriles is 1. The van der Waals surface area contributed by atoms with E-state index in [1.54, 1.807) is 68.5 Å². The smallest absolute Gasteiger partial charge is 0.352 e. The second-order valence-corrected chi connectivity index (χ2v) is 14.0. The Balaban J connectivity index is 1.31. The lowest BCUT2D eigenvalue weighted by Crippen LogP contribution is -2.69. The largest absolute Gasteiger partial charge is 0.508 e. The number of nitrogens with zero attached hydrogens (tertiary/aromatic N) is 1. The average molecular weight is 632 g/mol. The van der Waals surface area contributed by atoms with Gasteiger partial charge in [0, 0.05) is 26.5 Å². The standard InChI is InChI=1S/C35H34FNO7S/c1-32-14-12-24(39)18-22(32)8-11-28-27-13-15-34(31(42)43-17-16-37,33(27,2)20-29(40)35(28,32)36)44-30(41)21-6-9-25(10-7-21)45-26-5-3-4-23(38)19-26/h3-7,9-10,12,14,18-19,27-29,38,40H,8,11,13,15,17,20H2,1-2H3/t27-,28-,29-,32-,33-,34-,35-/m0/s1. The van der Waals surface area contributed by atoms with Crippen molar-refractivity contribution in [2.45, 2.75) is 73.1 Å². The minimum atomic E-state index is -2.11. The molecule has 2 aromatic rings. The van der Waals surface area contributed by atoms with Crippen molar-refractivity contribution >= 4 is 29.5 Å². The van der Waals surface area contributed by atoms with Crippen LogP contribution in [0.1, 0.15) is 56.3 Å². The molecule has 0 heterocycles. The van der Waals surface area contributed by atoms with Crippen LogP contribution < -0.4 is 0 Å². The van der Waals surface area contributed by atoms with Gasteiger partial charge in [0.15, 0.2) is 18.1 Å². The van der Waals surface area contributed by atoms with E-state index in [1.807, 2.05) is 6.07 Å². The van der Waals surface area contributed by atoms with Gasteiger partial charge >= 0.3 is 11.9 Å². The number of fused-ring (bicyclic) bond motifs is 5. The summed E-state index contributed by atoms with van der Waals surface area (Å²) >= 11 is 1.39. The molecule has 0 saturated heterocycles. The zero-order chi connectivity index (χ0) is 32.2. The average Bonchev–Trinajstić information content (AvgIpc) is 3.29. The zero-order valence-electron chi connectivity index (χ0n) is 25.0. The molecule has 3 fully saturated rings. The van der Waals surface area contributed by atoms with Crippen molar-refractivity contribution in [3.05, 3.63) is 77.9 Å². The highest BCUT2D eigenvalue weighted by Crippen LogP contribution is 2.70. The molecule has 234 valence electrons. The molecule has 10 heteroatoms. The number of benzene rings is 2. The molecule has 4 aliphatic carbocycles. The molecule has 2 N–H and O–H groups in total. The first kappa shape index (κ1) is 31.1. The first-order valence-corrected chi connectivity index (χ1v) is 15.9. The maximum atomic E-state index is 17.5. The molecule has 0 radical (unpaired) electrons. The van der Waals surface area contributed by atoms with E-state index >= 15 is 4.39 Å². The summed E-state index contributed by atoms with van der Waals surface area (Å²) in [7, 11) is 0. The van der Waals surface area contributed by atoms with Gasteiger partial charge in [0.1, 0.15) is 11.8 Å². The number of ether oxygens (including phenoxy) is 2. The van der Waals surface area contributed by atoms with Gasteiger partial charge in [0.2, 0.25) is 5.60 Å². The number of aromatic hydroxyl groups is 1. The normalized spacial score (nSPS) is 34.9. The SMILES string of the molecule is C[C@]12C=CC(=O)C=C1CC[C@H]1[C@@H]3CC[C@](OC(=O)c4ccc(Sc5cccc(O)c5)cc4)(C(=O)OCC#N)[C@@]3(C)C[C@H](O)[C@@]12F. The number of aliphatic hydroxyl groups excluding tert-OH is 1. The summed E-state index contributed by atoms with van der Waals surface area (Å²) in [5.41, 5.74) is -5.55. The van der Waals surface area contributed by atoms with Crippen LogP contribution in [0.15, 0.2) is 82.1 Å². The van der Waals surface area contributed by atoms with E-state index in [4.69, 9.17) is 14.7 Å². The molecule has 0 spiro atoms. The van der Waals surface area contributed by atoms with Crippen molar-refractivity contribution in [3.8, 4) is 11.8 Å². The van der Waals surface area contributed by atoms with Gasteiger partial charge in [-0.2, -0.15) is 5.26 Å². The Kier molecular flexibility index (Phi) is 7.69. The van der Waals surface area contributed by atoms with Crippen LogP contribution in [-0.2, 0) is 19.1 Å². The molecule has 3 saturated carbocycles. The minimum Gasteiger partial charge on any atom is -0.508 e. The van der Waals surface area contributed by atoms with E-state index in [2.05, 4.69) is 0 Å². The van der Waals surface area contributed by atoms with Crippen LogP contribution in [0.3, 0.4) is 0 Å². The fraction of sp³-hybridized carbons (Fsp3) is 0.429. The zero-order valence-corrected chi connectivity index (χ0v) is 25.8. The number of carbonyl (C=O) groups is 3. The molecule has 0 aliphatic heterocycles. The number of allylic oxidation sites excluding steroid dienone is 4. The Labute approximate surface area is 264 Å². The quantitative estimate of drug-likeness (QED) is 0.375. The van der Waals surface area contributed by atoms with Gasteiger partial charge in [0.05, 0.1) is 11.7 Å². The highest BCUT2D eigenvalue weighted by Gasteiger charge is 2.76. The van der Waals surface area contributed by atoms with Crippen molar-refractivity contribution in [1.29, 1.82) is 5.26 Å². The van der Waals surface area contributed by atoms with Gasteiger partial charge in [-0.1, -0.05) is 36.4 Å². The number of halogens is 1. The highest BCUT2D eigenvalue weighted by atomic mass is 32.2. The van der Waals surface area contributed by atoms with E-state index < -0.39 is 58.6 Å². The number of esters is 2. The van der Waals surface area contributed by atoms with Gasteiger partial charge in [-0.15, -0.1) is 0 Å². The molecule has 8 nitrogen and oxygen atoms in total. The minimum absolute atomic E-state index is 0.0443. The number of hydrogen-bond acceptors (Lipinski definition) is 9. The van der Waals surface area contributed by atoms with Gasteiger partial charge < -0.3 is 19.7 Å². The fourth-order valence-corrected chi connectivity index (χ4v) is 9.39. The summed E-state index contributed by atoms with van der Waals surface area (Å²) in [4.78, 5) is 41.2. The number of alkyl halides is 1. The number of aliphatic hydroxyl groups is 1. The molecule has 45 heavy (non-hydrogen) atoms. The topological polar surface area (TPSA) is 134 Å². The Morgan fingerprint density at radius 2 is 1.87 bits per heavy atom. The number of hydrogen-bond donors (Lipinski definition) is 2. The predicted octanol–water partition coefficient (Wildman–Crippen LogP) is 5.88. The Morgan fingerprint density at radius 1 is 1.11 bits per heavy atom. The van der Waals surface area contributed by atoms with Gasteiger partial charge in [-0.05, 0) is 99.6 Å². The summed E-state index contributed by atoms with van der Waals surface area (Å²) in [6, 6.07) is 15.2. The molecular weight excluding hydrogens is 597 g/mol. The molecule has 0 bridgehead atoms. The third kappa shape index (κ3) is 4.70. The Hall–Kier alpha value is -3.94. The van der Waals surface area contributed by atoms with E-state index in [1.165, 1.54) is 23.9 Å². The van der Waals surface area contributed by atoms with Crippen LogP contribution in [0.25, 0.3) is 0 Å². The van der Waals surface area contributed by atoms with E-state index in [-0.39, 0.29) is 29.9 Å². The maximum absolute atomic E-state index is 17.5. The lowest BCUT2D eigenvalue weighted by atomic mass is 9.45. The second kappa shape index (κ2) is 11.1.